The summed E-state index contributed by atoms with van der Waals surface area (Å²) in [5.74, 6) is 0.597. The Bertz CT molecular complexity index is 1390. The Hall–Kier alpha value is -3.11. The van der Waals surface area contributed by atoms with Gasteiger partial charge in [-0.15, -0.1) is 0 Å². The Balaban J connectivity index is 1.52. The summed E-state index contributed by atoms with van der Waals surface area (Å²) in [6.45, 7) is 2.45. The number of pyridine rings is 1. The first-order chi connectivity index (χ1) is 16.4. The fraction of sp³-hybridized carbons (Fsp3) is 0.375. The number of carbonyl (C=O) groups excluding carboxylic acids is 1. The molecule has 34 heavy (non-hydrogen) atoms. The van der Waals surface area contributed by atoms with E-state index in [2.05, 4.69) is 41.6 Å². The molecule has 2 N–H and O–H groups in total. The van der Waals surface area contributed by atoms with E-state index in [9.17, 15) is 4.79 Å². The van der Waals surface area contributed by atoms with Crippen LogP contribution in [0.5, 0.6) is 0 Å². The van der Waals surface area contributed by atoms with Gasteiger partial charge in [-0.25, -0.2) is 9.67 Å². The second-order valence-electron chi connectivity index (χ2n) is 8.97. The van der Waals surface area contributed by atoms with Crippen LogP contribution < -0.4 is 10.6 Å². The smallest absolute Gasteiger partial charge is 0.225 e. The van der Waals surface area contributed by atoms with E-state index in [1.165, 1.54) is 0 Å². The SMILES string of the molecule is CNC(=O)[C@]1(C)CC[C@@H](Nc2ncc3c(Br)nn(-c4cc(COC)c5ncccc5c4)c3n2)C1. The molecule has 4 aromatic rings. The highest BCUT2D eigenvalue weighted by Gasteiger charge is 2.41. The Morgan fingerprint density at radius 1 is 1.35 bits per heavy atom. The van der Waals surface area contributed by atoms with Crippen molar-refractivity contribution in [1.82, 2.24) is 30.0 Å². The van der Waals surface area contributed by atoms with Crippen molar-refractivity contribution < 1.29 is 9.53 Å². The van der Waals surface area contributed by atoms with Gasteiger partial charge in [-0.05, 0) is 53.4 Å². The van der Waals surface area contributed by atoms with Crippen molar-refractivity contribution in [2.75, 3.05) is 19.5 Å². The maximum absolute atomic E-state index is 12.3. The van der Waals surface area contributed by atoms with Crippen LogP contribution in [0.1, 0.15) is 31.7 Å². The number of benzene rings is 1. The van der Waals surface area contributed by atoms with E-state index in [1.807, 2.05) is 31.2 Å². The molecule has 0 radical (unpaired) electrons. The Morgan fingerprint density at radius 2 is 2.21 bits per heavy atom. The molecule has 0 saturated heterocycles. The van der Waals surface area contributed by atoms with Crippen LogP contribution in [0.4, 0.5) is 5.95 Å². The van der Waals surface area contributed by atoms with Crippen LogP contribution in [0, 0.1) is 5.41 Å². The van der Waals surface area contributed by atoms with Crippen LogP contribution in [0.2, 0.25) is 0 Å². The molecule has 0 spiro atoms. The van der Waals surface area contributed by atoms with Crippen molar-refractivity contribution in [3.63, 3.8) is 0 Å². The molecule has 1 fully saturated rings. The van der Waals surface area contributed by atoms with E-state index in [1.54, 1.807) is 31.2 Å². The monoisotopic (exact) mass is 523 g/mol. The number of fused-ring (bicyclic) bond motifs is 2. The average Bonchev–Trinajstić information content (AvgIpc) is 3.38. The van der Waals surface area contributed by atoms with Gasteiger partial charge in [0.2, 0.25) is 11.9 Å². The topological polar surface area (TPSA) is 107 Å². The first kappa shape index (κ1) is 22.7. The van der Waals surface area contributed by atoms with Gasteiger partial charge in [-0.3, -0.25) is 9.78 Å². The highest BCUT2D eigenvalue weighted by molar-refractivity contribution is 9.10. The standard InChI is InChI=1S/C24H26BrN7O2/c1-24(22(33)26-2)7-6-16(11-24)29-23-28-12-18-20(25)31-32(21(18)30-23)17-9-14-5-4-8-27-19(14)15(10-17)13-34-3/h4-5,8-10,12,16H,6-7,11,13H2,1-3H3,(H,26,33)(H,28,29,30)/t16-,24-/m1/s1. The summed E-state index contributed by atoms with van der Waals surface area (Å²) in [7, 11) is 3.36. The largest absolute Gasteiger partial charge is 0.380 e. The van der Waals surface area contributed by atoms with Crippen LogP contribution in [-0.4, -0.2) is 50.8 Å². The second-order valence-corrected chi connectivity index (χ2v) is 9.72. The summed E-state index contributed by atoms with van der Waals surface area (Å²) in [5, 5.41) is 12.7. The normalized spacial score (nSPS) is 20.2. The maximum atomic E-state index is 12.3. The molecule has 1 saturated carbocycles. The molecule has 1 aromatic carbocycles. The third-order valence-electron chi connectivity index (χ3n) is 6.54. The molecule has 1 aliphatic rings. The number of anilines is 1. The van der Waals surface area contributed by atoms with Crippen LogP contribution in [0.3, 0.4) is 0 Å². The molecule has 9 nitrogen and oxygen atoms in total. The van der Waals surface area contributed by atoms with Gasteiger partial charge in [-0.2, -0.15) is 10.1 Å². The first-order valence-corrected chi connectivity index (χ1v) is 12.0. The Kier molecular flexibility index (Phi) is 5.95. The molecule has 0 unspecified atom stereocenters. The lowest BCUT2D eigenvalue weighted by Crippen LogP contribution is -2.35. The van der Waals surface area contributed by atoms with Gasteiger partial charge in [-0.1, -0.05) is 13.0 Å². The van der Waals surface area contributed by atoms with E-state index >= 15 is 0 Å². The third-order valence-corrected chi connectivity index (χ3v) is 7.13. The predicted octanol–water partition coefficient (Wildman–Crippen LogP) is 3.99. The van der Waals surface area contributed by atoms with Crippen LogP contribution in [-0.2, 0) is 16.1 Å². The number of aromatic nitrogens is 5. The highest BCUT2D eigenvalue weighted by Crippen LogP contribution is 2.39. The van der Waals surface area contributed by atoms with Crippen molar-refractivity contribution in [2.24, 2.45) is 5.41 Å². The minimum Gasteiger partial charge on any atom is -0.380 e. The molecular weight excluding hydrogens is 498 g/mol. The van der Waals surface area contributed by atoms with Crippen molar-refractivity contribution in [1.29, 1.82) is 0 Å². The first-order valence-electron chi connectivity index (χ1n) is 11.2. The molecule has 3 heterocycles. The van der Waals surface area contributed by atoms with Crippen molar-refractivity contribution in [3.05, 3.63) is 46.8 Å². The predicted molar refractivity (Wildman–Crippen MR) is 134 cm³/mol. The van der Waals surface area contributed by atoms with Crippen molar-refractivity contribution >= 4 is 49.7 Å². The van der Waals surface area contributed by atoms with Gasteiger partial charge in [0.25, 0.3) is 0 Å². The van der Waals surface area contributed by atoms with E-state index in [0.717, 1.165) is 46.8 Å². The summed E-state index contributed by atoms with van der Waals surface area (Å²) in [6.07, 6.45) is 5.99. The molecule has 2 atom stereocenters. The highest BCUT2D eigenvalue weighted by atomic mass is 79.9. The summed E-state index contributed by atoms with van der Waals surface area (Å²) >= 11 is 3.55. The summed E-state index contributed by atoms with van der Waals surface area (Å²) in [6, 6.07) is 8.13. The van der Waals surface area contributed by atoms with E-state index in [4.69, 9.17) is 9.72 Å². The van der Waals surface area contributed by atoms with Gasteiger partial charge in [0.1, 0.15) is 4.60 Å². The number of hydrogen-bond donors (Lipinski definition) is 2. The molecule has 3 aromatic heterocycles. The minimum absolute atomic E-state index is 0.0767. The Labute approximate surface area is 205 Å². The summed E-state index contributed by atoms with van der Waals surface area (Å²) in [4.78, 5) is 26.1. The fourth-order valence-electron chi connectivity index (χ4n) is 4.81. The molecule has 10 heteroatoms. The summed E-state index contributed by atoms with van der Waals surface area (Å²) < 4.78 is 7.89. The molecular formula is C24H26BrN7O2. The molecule has 0 bridgehead atoms. The number of nitrogens with one attached hydrogen (secondary N) is 2. The number of halogens is 1. The number of nitrogens with zero attached hydrogens (tertiary/aromatic N) is 5. The molecule has 5 rings (SSSR count). The summed E-state index contributed by atoms with van der Waals surface area (Å²) in [5.41, 5.74) is 3.05. The maximum Gasteiger partial charge on any atom is 0.225 e. The van der Waals surface area contributed by atoms with Crippen molar-refractivity contribution in [2.45, 2.75) is 38.8 Å². The zero-order valence-corrected chi connectivity index (χ0v) is 20.9. The van der Waals surface area contributed by atoms with Gasteiger partial charge >= 0.3 is 0 Å². The number of methoxy groups -OCH3 is 1. The average molecular weight is 524 g/mol. The lowest BCUT2D eigenvalue weighted by Gasteiger charge is -2.22. The van der Waals surface area contributed by atoms with Gasteiger partial charge in [0, 0.05) is 49.0 Å². The van der Waals surface area contributed by atoms with Crippen molar-refractivity contribution in [3.8, 4) is 5.69 Å². The van der Waals surface area contributed by atoms with Crippen LogP contribution >= 0.6 is 15.9 Å². The van der Waals surface area contributed by atoms with Gasteiger partial charge < -0.3 is 15.4 Å². The van der Waals surface area contributed by atoms with Crippen LogP contribution in [0.25, 0.3) is 27.6 Å². The molecule has 1 aliphatic carbocycles. The number of carbonyl (C=O) groups is 1. The lowest BCUT2D eigenvalue weighted by molar-refractivity contribution is -0.129. The molecule has 1 amide bonds. The lowest BCUT2D eigenvalue weighted by atomic mass is 9.87. The van der Waals surface area contributed by atoms with E-state index in [0.29, 0.717) is 22.8 Å². The quantitative estimate of drug-likeness (QED) is 0.393. The number of amides is 1. The second kappa shape index (κ2) is 8.92. The molecule has 0 aliphatic heterocycles. The number of hydrogen-bond acceptors (Lipinski definition) is 7. The van der Waals surface area contributed by atoms with Gasteiger partial charge in [0.05, 0.1) is 23.2 Å². The van der Waals surface area contributed by atoms with Crippen LogP contribution in [0.15, 0.2) is 41.3 Å². The van der Waals surface area contributed by atoms with E-state index in [-0.39, 0.29) is 17.4 Å². The zero-order chi connectivity index (χ0) is 23.9. The Morgan fingerprint density at radius 3 is 3.00 bits per heavy atom. The third kappa shape index (κ3) is 4.01. The zero-order valence-electron chi connectivity index (χ0n) is 19.3. The molecule has 176 valence electrons. The van der Waals surface area contributed by atoms with Gasteiger partial charge in [0.15, 0.2) is 5.65 Å². The fourth-order valence-corrected chi connectivity index (χ4v) is 5.25. The number of ether oxygens (including phenoxy) is 1. The minimum atomic E-state index is -0.377. The number of rotatable bonds is 6. The van der Waals surface area contributed by atoms with E-state index < -0.39 is 0 Å².